The van der Waals surface area contributed by atoms with E-state index in [1.54, 1.807) is 0 Å². The summed E-state index contributed by atoms with van der Waals surface area (Å²) in [6.45, 7) is 7.04. The third kappa shape index (κ3) is 1.91. The van der Waals surface area contributed by atoms with Crippen LogP contribution in [-0.2, 0) is 6.54 Å². The van der Waals surface area contributed by atoms with Crippen molar-refractivity contribution in [3.05, 3.63) is 35.9 Å². The summed E-state index contributed by atoms with van der Waals surface area (Å²) in [4.78, 5) is 4.19. The first-order valence-electron chi connectivity index (χ1n) is 5.17. The lowest BCUT2D eigenvalue weighted by atomic mass is 10.1. The van der Waals surface area contributed by atoms with E-state index in [0.29, 0.717) is 0 Å². The molecule has 2 rings (SSSR count). The lowest BCUT2D eigenvalue weighted by Crippen LogP contribution is -1.93. The normalized spacial score (nSPS) is 10.6. The van der Waals surface area contributed by atoms with Crippen LogP contribution in [0.15, 0.2) is 24.5 Å². The van der Waals surface area contributed by atoms with Crippen molar-refractivity contribution in [3.8, 4) is 11.1 Å². The first kappa shape index (κ1) is 9.90. The average Bonchev–Trinajstić information content (AvgIpc) is 2.60. The summed E-state index contributed by atoms with van der Waals surface area (Å²) in [6.07, 6.45) is 3.93. The molecule has 0 aliphatic carbocycles. The van der Waals surface area contributed by atoms with Gasteiger partial charge in [-0.05, 0) is 38.5 Å². The lowest BCUT2D eigenvalue weighted by Gasteiger charge is -1.99. The molecule has 0 saturated heterocycles. The zero-order valence-corrected chi connectivity index (χ0v) is 9.36. The maximum atomic E-state index is 4.43. The monoisotopic (exact) mass is 201 g/mol. The van der Waals surface area contributed by atoms with Gasteiger partial charge < -0.3 is 0 Å². The Hall–Kier alpha value is -1.64. The molecule has 0 spiro atoms. The number of hydrogen-bond acceptors (Lipinski definition) is 2. The Kier molecular flexibility index (Phi) is 2.54. The van der Waals surface area contributed by atoms with Crippen molar-refractivity contribution in [3.63, 3.8) is 0 Å². The molecule has 0 aliphatic rings. The largest absolute Gasteiger partial charge is 0.272 e. The fourth-order valence-electron chi connectivity index (χ4n) is 1.68. The van der Waals surface area contributed by atoms with Crippen LogP contribution in [0.5, 0.6) is 0 Å². The molecule has 0 unspecified atom stereocenters. The molecule has 15 heavy (non-hydrogen) atoms. The molecule has 0 N–H and O–H groups in total. The Balaban J connectivity index is 2.48. The van der Waals surface area contributed by atoms with E-state index < -0.39 is 0 Å². The van der Waals surface area contributed by atoms with Gasteiger partial charge in [-0.3, -0.25) is 9.67 Å². The fraction of sp³-hybridized carbons (Fsp3) is 0.333. The van der Waals surface area contributed by atoms with Crippen LogP contribution < -0.4 is 0 Å². The molecule has 0 atom stereocenters. The Morgan fingerprint density at radius 3 is 2.73 bits per heavy atom. The number of aromatic nitrogens is 3. The van der Waals surface area contributed by atoms with E-state index in [9.17, 15) is 0 Å². The minimum absolute atomic E-state index is 0.908. The second-order valence-corrected chi connectivity index (χ2v) is 3.67. The minimum Gasteiger partial charge on any atom is -0.272 e. The first-order valence-corrected chi connectivity index (χ1v) is 5.17. The molecule has 0 aromatic carbocycles. The van der Waals surface area contributed by atoms with Crippen LogP contribution in [0.2, 0.25) is 0 Å². The highest BCUT2D eigenvalue weighted by molar-refractivity contribution is 5.64. The minimum atomic E-state index is 0.908. The van der Waals surface area contributed by atoms with Crippen molar-refractivity contribution in [1.29, 1.82) is 0 Å². The summed E-state index contributed by atoms with van der Waals surface area (Å²) < 4.78 is 1.96. The number of pyridine rings is 1. The maximum absolute atomic E-state index is 4.43. The van der Waals surface area contributed by atoms with Gasteiger partial charge in [-0.25, -0.2) is 0 Å². The summed E-state index contributed by atoms with van der Waals surface area (Å²) >= 11 is 0. The summed E-state index contributed by atoms with van der Waals surface area (Å²) in [6, 6.07) is 4.11. The van der Waals surface area contributed by atoms with E-state index >= 15 is 0 Å². The quantitative estimate of drug-likeness (QED) is 0.747. The number of hydrogen-bond donors (Lipinski definition) is 0. The Bertz CT molecular complexity index is 471. The average molecular weight is 201 g/mol. The number of nitrogens with zero attached hydrogens (tertiary/aromatic N) is 3. The predicted molar refractivity (Wildman–Crippen MR) is 60.6 cm³/mol. The zero-order valence-electron chi connectivity index (χ0n) is 9.36. The third-order valence-electron chi connectivity index (χ3n) is 2.48. The summed E-state index contributed by atoms with van der Waals surface area (Å²) in [5, 5.41) is 4.43. The lowest BCUT2D eigenvalue weighted by molar-refractivity contribution is 0.653. The highest BCUT2D eigenvalue weighted by Gasteiger charge is 2.06. The fourth-order valence-corrected chi connectivity index (χ4v) is 1.68. The summed E-state index contributed by atoms with van der Waals surface area (Å²) in [5.41, 5.74) is 4.50. The Morgan fingerprint density at radius 2 is 2.13 bits per heavy atom. The Morgan fingerprint density at radius 1 is 1.33 bits per heavy atom. The van der Waals surface area contributed by atoms with Crippen molar-refractivity contribution >= 4 is 0 Å². The van der Waals surface area contributed by atoms with Gasteiger partial charge in [-0.2, -0.15) is 5.10 Å². The van der Waals surface area contributed by atoms with E-state index in [-0.39, 0.29) is 0 Å². The highest BCUT2D eigenvalue weighted by Crippen LogP contribution is 2.22. The molecule has 2 aromatic rings. The van der Waals surface area contributed by atoms with E-state index in [2.05, 4.69) is 29.3 Å². The van der Waals surface area contributed by atoms with Crippen molar-refractivity contribution in [1.82, 2.24) is 14.8 Å². The van der Waals surface area contributed by atoms with Crippen LogP contribution in [0.1, 0.15) is 18.3 Å². The molecule has 3 heteroatoms. The van der Waals surface area contributed by atoms with E-state index in [1.165, 1.54) is 11.1 Å². The van der Waals surface area contributed by atoms with Gasteiger partial charge in [0.25, 0.3) is 0 Å². The van der Waals surface area contributed by atoms with Gasteiger partial charge in [-0.15, -0.1) is 0 Å². The second kappa shape index (κ2) is 3.85. The summed E-state index contributed by atoms with van der Waals surface area (Å²) in [5.74, 6) is 0. The van der Waals surface area contributed by atoms with Crippen molar-refractivity contribution < 1.29 is 0 Å². The van der Waals surface area contributed by atoms with Gasteiger partial charge in [0, 0.05) is 30.2 Å². The van der Waals surface area contributed by atoms with Crippen molar-refractivity contribution in [2.45, 2.75) is 27.3 Å². The van der Waals surface area contributed by atoms with E-state index in [4.69, 9.17) is 0 Å². The number of aryl methyl sites for hydroxylation is 3. The van der Waals surface area contributed by atoms with E-state index in [1.807, 2.05) is 30.8 Å². The molecule has 0 amide bonds. The molecule has 0 aliphatic heterocycles. The molecule has 3 nitrogen and oxygen atoms in total. The molecule has 0 fully saturated rings. The maximum Gasteiger partial charge on any atom is 0.0672 e. The van der Waals surface area contributed by atoms with Gasteiger partial charge in [0.15, 0.2) is 0 Å². The van der Waals surface area contributed by atoms with Gasteiger partial charge in [-0.1, -0.05) is 0 Å². The highest BCUT2D eigenvalue weighted by atomic mass is 15.3. The van der Waals surface area contributed by atoms with Crippen LogP contribution >= 0.6 is 0 Å². The standard InChI is InChI=1S/C12H15N3/c1-4-15-8-12(10(3)14-15)11-5-6-13-9(2)7-11/h5-8H,4H2,1-3H3. The summed E-state index contributed by atoms with van der Waals surface area (Å²) in [7, 11) is 0. The van der Waals surface area contributed by atoms with Crippen LogP contribution in [0.25, 0.3) is 11.1 Å². The molecule has 78 valence electrons. The van der Waals surface area contributed by atoms with Gasteiger partial charge in [0.1, 0.15) is 0 Å². The molecule has 0 bridgehead atoms. The third-order valence-corrected chi connectivity index (χ3v) is 2.48. The van der Waals surface area contributed by atoms with Crippen LogP contribution in [-0.4, -0.2) is 14.8 Å². The Labute approximate surface area is 89.8 Å². The van der Waals surface area contributed by atoms with Gasteiger partial charge >= 0.3 is 0 Å². The molecule has 0 radical (unpaired) electrons. The van der Waals surface area contributed by atoms with Crippen LogP contribution in [0.3, 0.4) is 0 Å². The predicted octanol–water partition coefficient (Wildman–Crippen LogP) is 2.58. The SMILES string of the molecule is CCn1cc(-c2ccnc(C)c2)c(C)n1. The molecule has 0 saturated carbocycles. The molecular weight excluding hydrogens is 186 g/mol. The zero-order chi connectivity index (χ0) is 10.8. The van der Waals surface area contributed by atoms with Crippen LogP contribution in [0, 0.1) is 13.8 Å². The number of rotatable bonds is 2. The topological polar surface area (TPSA) is 30.7 Å². The van der Waals surface area contributed by atoms with Gasteiger partial charge in [0.2, 0.25) is 0 Å². The van der Waals surface area contributed by atoms with Gasteiger partial charge in [0.05, 0.1) is 5.69 Å². The van der Waals surface area contributed by atoms with Crippen LogP contribution in [0.4, 0.5) is 0 Å². The first-order chi connectivity index (χ1) is 7.20. The molecular formula is C12H15N3. The second-order valence-electron chi connectivity index (χ2n) is 3.67. The smallest absolute Gasteiger partial charge is 0.0672 e. The molecule has 2 heterocycles. The molecule has 2 aromatic heterocycles. The van der Waals surface area contributed by atoms with Crippen molar-refractivity contribution in [2.75, 3.05) is 0 Å². The van der Waals surface area contributed by atoms with E-state index in [0.717, 1.165) is 17.9 Å². The van der Waals surface area contributed by atoms with Crippen molar-refractivity contribution in [2.24, 2.45) is 0 Å².